The molecule has 11 heterocycles. The van der Waals surface area contributed by atoms with E-state index in [-0.39, 0.29) is 11.2 Å². The van der Waals surface area contributed by atoms with Crippen LogP contribution in [0.5, 0.6) is 17.2 Å². The van der Waals surface area contributed by atoms with Crippen LogP contribution in [0.4, 0.5) is 0 Å². The molecule has 6 atom stereocenters. The maximum absolute atomic E-state index is 13.5. The lowest BCUT2D eigenvalue weighted by Crippen LogP contribution is -2.27. The van der Waals surface area contributed by atoms with Gasteiger partial charge < -0.3 is 25.3 Å². The number of fused-ring (bicyclic) bond motifs is 3. The van der Waals surface area contributed by atoms with Gasteiger partial charge in [-0.2, -0.15) is 0 Å². The molecule has 98 heavy (non-hydrogen) atoms. The van der Waals surface area contributed by atoms with Crippen molar-refractivity contribution in [2.24, 2.45) is 0 Å². The van der Waals surface area contributed by atoms with Crippen LogP contribution in [0.15, 0.2) is 64.1 Å². The molecule has 0 bridgehead atoms. The molecule has 11 nitrogen and oxygen atoms in total. The number of hydrogen-bond acceptors (Lipinski definition) is 12. The fraction of sp³-hybridized carbons (Fsp3) is 0.222. The van der Waals surface area contributed by atoms with Crippen molar-refractivity contribution in [3.05, 3.63) is 132 Å². The van der Waals surface area contributed by atoms with E-state index in [0.717, 1.165) is 141 Å². The number of thiophene rings is 3. The zero-order valence-corrected chi connectivity index (χ0v) is 56.8. The van der Waals surface area contributed by atoms with Gasteiger partial charge in [-0.25, -0.2) is 0 Å². The molecule has 17 heteroatoms. The molecule has 6 unspecified atom stereocenters. The second kappa shape index (κ2) is 16.3. The molecule has 0 radical (unpaired) electrons. The highest BCUT2D eigenvalue weighted by Crippen LogP contribution is 2.63. The number of H-pyrrole nitrogens is 2. The summed E-state index contributed by atoms with van der Waals surface area (Å²) in [5, 5.41) is 70.2. The van der Waals surface area contributed by atoms with Crippen LogP contribution in [-0.4, -0.2) is 64.4 Å². The summed E-state index contributed by atoms with van der Waals surface area (Å²) >= 11 is 5.37. The number of aromatic nitrogens is 5. The average Bonchev–Trinajstić information content (AvgIpc) is 1.04. The van der Waals surface area contributed by atoms with Gasteiger partial charge in [-0.05, 0) is 182 Å². The van der Waals surface area contributed by atoms with E-state index >= 15 is 0 Å². The molecular formula is C81H47N5O6S6. The molecular weight excluding hydrogens is 1330 g/mol. The molecule has 10 aliphatic rings. The smallest absolute Gasteiger partial charge is 0.135 e. The molecule has 8 aromatic heterocycles. The molecule has 12 aromatic carbocycles. The van der Waals surface area contributed by atoms with Crippen LogP contribution >= 0.6 is 34.0 Å². The number of pyridine rings is 3. The van der Waals surface area contributed by atoms with Crippen molar-refractivity contribution in [1.82, 2.24) is 24.9 Å². The summed E-state index contributed by atoms with van der Waals surface area (Å²) in [5.74, 6) is 3.75. The summed E-state index contributed by atoms with van der Waals surface area (Å²) in [7, 11) is -2.87. The second-order valence-corrected chi connectivity index (χ2v) is 37.9. The lowest BCUT2D eigenvalue weighted by molar-refractivity contribution is 0.469. The Balaban J connectivity index is 0.0000000828. The molecule has 0 amide bonds. The zero-order chi connectivity index (χ0) is 63.3. The molecule has 0 saturated heterocycles. The van der Waals surface area contributed by atoms with Crippen LogP contribution in [0, 0.1) is 0 Å². The maximum atomic E-state index is 13.5. The Kier molecular flexibility index (Phi) is 8.56. The lowest BCUT2D eigenvalue weighted by atomic mass is 9.72. The van der Waals surface area contributed by atoms with E-state index in [1.165, 1.54) is 215 Å². The van der Waals surface area contributed by atoms with Crippen LogP contribution in [-0.2, 0) is 89.5 Å². The third kappa shape index (κ3) is 5.36. The van der Waals surface area contributed by atoms with Gasteiger partial charge in [0, 0.05) is 215 Å². The first-order chi connectivity index (χ1) is 48.1. The summed E-state index contributed by atoms with van der Waals surface area (Å²) in [6.07, 6.45) is 18.1. The van der Waals surface area contributed by atoms with Gasteiger partial charge in [0.25, 0.3) is 0 Å². The number of aromatic amines is 2. The fourth-order valence-corrected chi connectivity index (χ4v) is 31.6. The molecule has 468 valence electrons. The highest BCUT2D eigenvalue weighted by atomic mass is 32.2. The van der Waals surface area contributed by atoms with Crippen molar-refractivity contribution >= 4 is 253 Å². The minimum absolute atomic E-state index is 0.0661. The lowest BCUT2D eigenvalue weighted by Gasteiger charge is -2.35. The van der Waals surface area contributed by atoms with Gasteiger partial charge in [-0.1, -0.05) is 5.57 Å². The van der Waals surface area contributed by atoms with E-state index in [1.807, 2.05) is 41.9 Å². The number of phenolic OH excluding ortho intramolecular Hbond substituents is 3. The SMILES string of the molecule is O=S1CC2CCCc3c2c2c1cc1c4c5c(cnc6cc(O)c7sc3c(c24)c7c65)C1.O=S1CC2Cc3[nH]c4c5c6c(cnc6c6c7c8c(c(O)cc9c%10scc1c%10c2c(c3c57)c98)CC6)CC4.O=S1Cc2[nH]c3cc(O)c4cc5ncc6sc7c8c9c%10c(c2c3c4c%10c5c68)C1CC=9CC7. The second-order valence-electron chi connectivity index (χ2n) is 30.3. The van der Waals surface area contributed by atoms with Crippen molar-refractivity contribution in [1.29, 1.82) is 0 Å². The summed E-state index contributed by atoms with van der Waals surface area (Å²) in [6.45, 7) is 0. The van der Waals surface area contributed by atoms with Gasteiger partial charge in [0.15, 0.2) is 0 Å². The van der Waals surface area contributed by atoms with E-state index in [4.69, 9.17) is 15.0 Å². The number of hydrogen-bond donors (Lipinski definition) is 5. The number of benzene rings is 12. The standard InChI is InChI=1S/C30H18N2O2S2.C26H14N2O2S2.C25H15NO2S2/c33-17-6-14-23-21-12(17)2-3-13-22(21)28-24-15(4-1-10-7-31-29(13)20(10)24)32-16-5-11-9-36(34)18-8-35-30(14)26(18)19(11)27(23)25(16)28;29-13-5-11-20-18-9(13)4-10-19-23-15(6-27-10)31-14-2-1-8-3-16-24(21(20)12(28-11)7-32(16)30)25(26(18)19)17(8)22(14)23;27-14-6-13-19-18-11(7-26-13)4-10-5-15-20-16-9(8-30(15)28)2-1-3-12(16)24-23(21(20)17(10)18)22(19)25(14)29-24/h6-8,11,32-33H,1-5,9H2;4-6,16,28-29H,1-3,7H2;5-7,9,27H,1-4,8H2. The topological polar surface area (TPSA) is 182 Å². The Morgan fingerprint density at radius 1 is 0.469 bits per heavy atom. The third-order valence-electron chi connectivity index (χ3n) is 26.2. The molecule has 0 saturated carbocycles. The van der Waals surface area contributed by atoms with Crippen LogP contribution in [0.1, 0.15) is 115 Å². The zero-order valence-electron chi connectivity index (χ0n) is 51.9. The van der Waals surface area contributed by atoms with Crippen molar-refractivity contribution in [2.75, 3.05) is 11.5 Å². The number of nitrogens with one attached hydrogen (secondary N) is 2. The fourth-order valence-electron chi connectivity index (χ4n) is 23.0. The first kappa shape index (κ1) is 51.5. The molecule has 0 fully saturated rings. The highest BCUT2D eigenvalue weighted by molar-refractivity contribution is 7.86. The predicted molar refractivity (Wildman–Crippen MR) is 402 cm³/mol. The van der Waals surface area contributed by atoms with Gasteiger partial charge in [0.1, 0.15) is 17.2 Å². The van der Waals surface area contributed by atoms with Crippen molar-refractivity contribution in [2.45, 2.75) is 110 Å². The summed E-state index contributed by atoms with van der Waals surface area (Å²) in [5.41, 5.74) is 21.3. The van der Waals surface area contributed by atoms with E-state index in [1.54, 1.807) is 22.7 Å². The maximum Gasteiger partial charge on any atom is 0.135 e. The quantitative estimate of drug-likeness (QED) is 0.0729. The van der Waals surface area contributed by atoms with Crippen LogP contribution in [0.25, 0.3) is 186 Å². The first-order valence-electron chi connectivity index (χ1n) is 34.6. The van der Waals surface area contributed by atoms with Crippen molar-refractivity contribution < 1.29 is 27.9 Å². The normalized spacial score (nSPS) is 21.9. The largest absolute Gasteiger partial charge is 0.508 e. The van der Waals surface area contributed by atoms with E-state index < -0.39 is 32.4 Å². The average molecular weight is 1380 g/mol. The molecule has 0 spiro atoms. The summed E-state index contributed by atoms with van der Waals surface area (Å²) < 4.78 is 45.1. The third-order valence-corrected chi connectivity index (χ3v) is 34.5. The van der Waals surface area contributed by atoms with Crippen molar-refractivity contribution in [3.63, 3.8) is 0 Å². The minimum atomic E-state index is -0.984. The molecule has 30 rings (SSSR count). The van der Waals surface area contributed by atoms with E-state index in [9.17, 15) is 27.9 Å². The first-order valence-corrected chi connectivity index (χ1v) is 41.1. The van der Waals surface area contributed by atoms with E-state index in [2.05, 4.69) is 33.7 Å². The van der Waals surface area contributed by atoms with Gasteiger partial charge in [-0.3, -0.25) is 27.6 Å². The number of aryl methyl sites for hydroxylation is 6. The predicted octanol–water partition coefficient (Wildman–Crippen LogP) is 17.9. The van der Waals surface area contributed by atoms with E-state index in [0.29, 0.717) is 34.7 Å². The Morgan fingerprint density at radius 2 is 1.27 bits per heavy atom. The molecule has 20 aromatic rings. The molecule has 7 aliphatic carbocycles. The Morgan fingerprint density at radius 3 is 2.20 bits per heavy atom. The summed E-state index contributed by atoms with van der Waals surface area (Å²) in [4.78, 5) is 25.6. The van der Waals surface area contributed by atoms with Crippen LogP contribution < -0.4 is 5.22 Å². The van der Waals surface area contributed by atoms with Crippen molar-refractivity contribution in [3.8, 4) is 17.2 Å². The van der Waals surface area contributed by atoms with Crippen LogP contribution in [0.3, 0.4) is 0 Å². The molecule has 3 aliphatic heterocycles. The van der Waals surface area contributed by atoms with Gasteiger partial charge >= 0.3 is 0 Å². The number of rotatable bonds is 0. The molecule has 5 N–H and O–H groups in total. The summed E-state index contributed by atoms with van der Waals surface area (Å²) in [6, 6.07) is 10.0. The van der Waals surface area contributed by atoms with Gasteiger partial charge in [-0.15, -0.1) is 34.0 Å². The number of phenols is 3. The minimum Gasteiger partial charge on any atom is -0.508 e. The Hall–Kier alpha value is -8.68. The van der Waals surface area contributed by atoms with Gasteiger partial charge in [0.05, 0.1) is 69.0 Å². The van der Waals surface area contributed by atoms with Gasteiger partial charge in [0.2, 0.25) is 0 Å². The number of nitrogens with zero attached hydrogens (tertiary/aromatic N) is 3. The Labute approximate surface area is 571 Å². The highest BCUT2D eigenvalue weighted by Gasteiger charge is 2.44. The number of aromatic hydroxyl groups is 3. The van der Waals surface area contributed by atoms with Crippen LogP contribution in [0.2, 0.25) is 0 Å². The monoisotopic (exact) mass is 1380 g/mol. The Bertz CT molecular complexity index is 7670.